The maximum Gasteiger partial charge on any atom is 0.155 e. The van der Waals surface area contributed by atoms with E-state index in [4.69, 9.17) is 58.0 Å². The molecule has 0 aliphatic heterocycles. The summed E-state index contributed by atoms with van der Waals surface area (Å²) in [6, 6.07) is 0. The van der Waals surface area contributed by atoms with Gasteiger partial charge in [-0.3, -0.25) is 0 Å². The van der Waals surface area contributed by atoms with Crippen molar-refractivity contribution in [3.05, 3.63) is 25.1 Å². The number of rotatable bonds is 0. The summed E-state index contributed by atoms with van der Waals surface area (Å²) in [7, 11) is 0. The molecule has 2 saturated carbocycles. The van der Waals surface area contributed by atoms with Gasteiger partial charge in [-0.25, -0.2) is 0 Å². The molecule has 22 heavy (non-hydrogen) atoms. The van der Waals surface area contributed by atoms with Gasteiger partial charge in [0.1, 0.15) is 10.0 Å². The Morgan fingerprint density at radius 2 is 1.14 bits per heavy atom. The van der Waals surface area contributed by atoms with Crippen LogP contribution in [0.1, 0.15) is 46.5 Å². The van der Waals surface area contributed by atoms with Crippen molar-refractivity contribution in [1.82, 2.24) is 0 Å². The Morgan fingerprint density at radius 3 is 1.36 bits per heavy atom. The van der Waals surface area contributed by atoms with E-state index in [0.29, 0.717) is 10.8 Å². The van der Waals surface area contributed by atoms with Crippen LogP contribution in [0.3, 0.4) is 0 Å². The fraction of sp³-hybridized carbons (Fsp3) is 0.625. The normalized spacial score (nSPS) is 28.5. The standard InChI is InChI=1S/C10H18.C6HCl5O/c1-9(2)8-4-6-10(9,3)7-5-8;7-1-2(8)4(10)6(12)5(11)3(1)9/h8H,4-7H2,1-3H3;12H. The molecule has 0 amide bonds. The summed E-state index contributed by atoms with van der Waals surface area (Å²) in [6.07, 6.45) is 5.99. The minimum Gasteiger partial charge on any atom is -0.505 e. The Morgan fingerprint density at radius 1 is 0.773 bits per heavy atom. The zero-order valence-corrected chi connectivity index (χ0v) is 16.5. The van der Waals surface area contributed by atoms with E-state index in [1.807, 2.05) is 0 Å². The Hall–Kier alpha value is 0.470. The van der Waals surface area contributed by atoms with Gasteiger partial charge in [0.2, 0.25) is 0 Å². The molecule has 0 unspecified atom stereocenters. The number of halogens is 5. The Labute approximate surface area is 156 Å². The van der Waals surface area contributed by atoms with E-state index in [2.05, 4.69) is 20.8 Å². The summed E-state index contributed by atoms with van der Waals surface area (Å²) in [6.45, 7) is 7.43. The molecule has 1 aromatic rings. The van der Waals surface area contributed by atoms with Crippen LogP contribution in [0.5, 0.6) is 5.75 Å². The second kappa shape index (κ2) is 6.41. The molecule has 2 aliphatic rings. The van der Waals surface area contributed by atoms with Gasteiger partial charge in [-0.05, 0) is 42.4 Å². The third kappa shape index (κ3) is 2.93. The van der Waals surface area contributed by atoms with Gasteiger partial charge in [0, 0.05) is 0 Å². The fourth-order valence-electron chi connectivity index (χ4n) is 3.71. The maximum atomic E-state index is 9.20. The predicted octanol–water partition coefficient (Wildman–Crippen LogP) is 7.88. The van der Waals surface area contributed by atoms with Crippen molar-refractivity contribution in [3.8, 4) is 5.75 Å². The molecule has 0 spiro atoms. The van der Waals surface area contributed by atoms with Crippen LogP contribution >= 0.6 is 58.0 Å². The number of hydrogen-bond acceptors (Lipinski definition) is 1. The Balaban J connectivity index is 0.000000162. The monoisotopic (exact) mass is 402 g/mol. The lowest BCUT2D eigenvalue weighted by Gasteiger charge is -2.34. The largest absolute Gasteiger partial charge is 0.505 e. The van der Waals surface area contributed by atoms with E-state index in [-0.39, 0.29) is 30.9 Å². The highest BCUT2D eigenvalue weighted by Crippen LogP contribution is 2.65. The number of phenolic OH excluding ortho intramolecular Hbond substituents is 1. The third-order valence-electron chi connectivity index (χ3n) is 5.85. The van der Waals surface area contributed by atoms with Crippen molar-refractivity contribution in [2.45, 2.75) is 46.5 Å². The maximum absolute atomic E-state index is 9.20. The van der Waals surface area contributed by atoms with Gasteiger partial charge < -0.3 is 5.11 Å². The molecule has 1 aromatic carbocycles. The number of hydrogen-bond donors (Lipinski definition) is 1. The first kappa shape index (κ1) is 18.8. The lowest BCUT2D eigenvalue weighted by Crippen LogP contribution is -2.26. The summed E-state index contributed by atoms with van der Waals surface area (Å²) in [5.74, 6) is 0.690. The van der Waals surface area contributed by atoms with E-state index < -0.39 is 0 Å². The number of fused-ring (bicyclic) bond motifs is 2. The first-order valence-corrected chi connectivity index (χ1v) is 9.12. The first-order chi connectivity index (χ1) is 10.0. The molecule has 0 aromatic heterocycles. The highest BCUT2D eigenvalue weighted by molar-refractivity contribution is 6.55. The van der Waals surface area contributed by atoms with Gasteiger partial charge in [0.25, 0.3) is 0 Å². The topological polar surface area (TPSA) is 20.2 Å². The van der Waals surface area contributed by atoms with Crippen molar-refractivity contribution >= 4 is 58.0 Å². The summed E-state index contributed by atoms with van der Waals surface area (Å²) in [4.78, 5) is 0. The molecule has 124 valence electrons. The molecule has 0 radical (unpaired) electrons. The number of phenols is 1. The number of benzene rings is 1. The number of aromatic hydroxyl groups is 1. The SMILES string of the molecule is CC12CCC(CC1)C2(C)C.Oc1c(Cl)c(Cl)c(Cl)c(Cl)c1Cl. The molecule has 0 saturated heterocycles. The summed E-state index contributed by atoms with van der Waals surface area (Å²) in [5, 5.41) is 9.01. The minimum atomic E-state index is -0.363. The Bertz CT molecular complexity index is 481. The van der Waals surface area contributed by atoms with Crippen molar-refractivity contribution in [3.63, 3.8) is 0 Å². The van der Waals surface area contributed by atoms with Crippen LogP contribution in [-0.2, 0) is 0 Å². The lowest BCUT2D eigenvalue weighted by molar-refractivity contribution is 0.152. The van der Waals surface area contributed by atoms with Crippen LogP contribution in [0.25, 0.3) is 0 Å². The van der Waals surface area contributed by atoms with Crippen LogP contribution in [-0.4, -0.2) is 5.11 Å². The molecule has 2 bridgehead atoms. The van der Waals surface area contributed by atoms with Crippen molar-refractivity contribution in [1.29, 1.82) is 0 Å². The molecule has 6 heteroatoms. The van der Waals surface area contributed by atoms with Crippen LogP contribution in [0.2, 0.25) is 25.1 Å². The van der Waals surface area contributed by atoms with E-state index in [0.717, 1.165) is 5.92 Å². The molecule has 2 fully saturated rings. The zero-order chi connectivity index (χ0) is 16.9. The van der Waals surface area contributed by atoms with Crippen LogP contribution in [0.15, 0.2) is 0 Å². The molecule has 1 N–H and O–H groups in total. The summed E-state index contributed by atoms with van der Waals surface area (Å²) < 4.78 is 0. The minimum absolute atomic E-state index is 0.00904. The van der Waals surface area contributed by atoms with E-state index in [1.165, 1.54) is 25.7 Å². The molecule has 3 rings (SSSR count). The summed E-state index contributed by atoms with van der Waals surface area (Å²) in [5.41, 5.74) is 1.37. The average Bonchev–Trinajstić information content (AvgIpc) is 2.84. The third-order valence-corrected chi connectivity index (χ3v) is 8.11. The molecule has 0 heterocycles. The quantitative estimate of drug-likeness (QED) is 0.344. The smallest absolute Gasteiger partial charge is 0.155 e. The lowest BCUT2D eigenvalue weighted by atomic mass is 9.71. The van der Waals surface area contributed by atoms with Gasteiger partial charge in [0.15, 0.2) is 5.75 Å². The van der Waals surface area contributed by atoms with Gasteiger partial charge in [-0.1, -0.05) is 78.8 Å². The predicted molar refractivity (Wildman–Crippen MR) is 97.0 cm³/mol. The van der Waals surface area contributed by atoms with Crippen molar-refractivity contribution in [2.24, 2.45) is 16.7 Å². The van der Waals surface area contributed by atoms with Crippen LogP contribution in [0, 0.1) is 16.7 Å². The summed E-state index contributed by atoms with van der Waals surface area (Å²) >= 11 is 27.9. The fourth-order valence-corrected chi connectivity index (χ4v) is 4.84. The van der Waals surface area contributed by atoms with E-state index in [9.17, 15) is 5.11 Å². The molecular weight excluding hydrogens is 385 g/mol. The molecule has 1 nitrogen and oxygen atoms in total. The van der Waals surface area contributed by atoms with E-state index >= 15 is 0 Å². The van der Waals surface area contributed by atoms with Crippen molar-refractivity contribution < 1.29 is 5.11 Å². The van der Waals surface area contributed by atoms with Gasteiger partial charge in [0.05, 0.1) is 15.1 Å². The van der Waals surface area contributed by atoms with Crippen LogP contribution < -0.4 is 0 Å². The second-order valence-electron chi connectivity index (χ2n) is 6.98. The van der Waals surface area contributed by atoms with Crippen molar-refractivity contribution in [2.75, 3.05) is 0 Å². The highest BCUT2D eigenvalue weighted by atomic mass is 35.5. The average molecular weight is 405 g/mol. The van der Waals surface area contributed by atoms with Gasteiger partial charge >= 0.3 is 0 Å². The zero-order valence-electron chi connectivity index (χ0n) is 12.7. The molecular formula is C16H19Cl5O. The molecule has 0 atom stereocenters. The first-order valence-electron chi connectivity index (χ1n) is 7.23. The van der Waals surface area contributed by atoms with E-state index in [1.54, 1.807) is 0 Å². The van der Waals surface area contributed by atoms with Gasteiger partial charge in [-0.15, -0.1) is 0 Å². The Kier molecular flexibility index (Phi) is 5.48. The molecule has 2 aliphatic carbocycles. The van der Waals surface area contributed by atoms with Crippen LogP contribution in [0.4, 0.5) is 0 Å². The second-order valence-corrected chi connectivity index (χ2v) is 8.86. The highest BCUT2D eigenvalue weighted by Gasteiger charge is 2.55. The van der Waals surface area contributed by atoms with Gasteiger partial charge in [-0.2, -0.15) is 0 Å².